The lowest BCUT2D eigenvalue weighted by Gasteiger charge is -2.22. The van der Waals surface area contributed by atoms with E-state index in [1.54, 1.807) is 7.11 Å². The molecule has 1 heterocycles. The summed E-state index contributed by atoms with van der Waals surface area (Å²) in [5, 5.41) is 9.60. The highest BCUT2D eigenvalue weighted by Crippen LogP contribution is 2.18. The normalized spacial score (nSPS) is 24.4. The van der Waals surface area contributed by atoms with Crippen molar-refractivity contribution in [2.75, 3.05) is 33.4 Å². The molecular formula is C11H23NO2. The molecule has 0 bridgehead atoms. The standard InChI is InChI=1S/C11H23NO2/c1-11(2,13)5-7-12-6-4-10(8-12)9-14-3/h10,13H,4-9H2,1-3H3. The van der Waals surface area contributed by atoms with Gasteiger partial charge in [0.05, 0.1) is 12.2 Å². The van der Waals surface area contributed by atoms with Crippen molar-refractivity contribution in [3.8, 4) is 0 Å². The molecule has 1 aliphatic heterocycles. The van der Waals surface area contributed by atoms with Gasteiger partial charge >= 0.3 is 0 Å². The molecule has 0 aromatic carbocycles. The minimum atomic E-state index is -0.528. The van der Waals surface area contributed by atoms with E-state index in [1.165, 1.54) is 6.42 Å². The fourth-order valence-corrected chi connectivity index (χ4v) is 1.92. The van der Waals surface area contributed by atoms with Crippen LogP contribution in [0.3, 0.4) is 0 Å². The second-order valence-corrected chi connectivity index (χ2v) is 4.97. The van der Waals surface area contributed by atoms with Crippen molar-refractivity contribution >= 4 is 0 Å². The van der Waals surface area contributed by atoms with Crippen LogP contribution in [0.1, 0.15) is 26.7 Å². The largest absolute Gasteiger partial charge is 0.390 e. The maximum atomic E-state index is 9.60. The highest BCUT2D eigenvalue weighted by molar-refractivity contribution is 4.77. The van der Waals surface area contributed by atoms with Gasteiger partial charge in [0.25, 0.3) is 0 Å². The van der Waals surface area contributed by atoms with E-state index in [2.05, 4.69) is 4.90 Å². The van der Waals surface area contributed by atoms with E-state index in [0.717, 1.165) is 32.7 Å². The van der Waals surface area contributed by atoms with Crippen molar-refractivity contribution in [3.63, 3.8) is 0 Å². The lowest BCUT2D eigenvalue weighted by molar-refractivity contribution is 0.0594. The summed E-state index contributed by atoms with van der Waals surface area (Å²) in [6.45, 7) is 7.90. The topological polar surface area (TPSA) is 32.7 Å². The highest BCUT2D eigenvalue weighted by Gasteiger charge is 2.23. The number of ether oxygens (including phenoxy) is 1. The number of rotatable bonds is 5. The molecule has 1 unspecified atom stereocenters. The van der Waals surface area contributed by atoms with Crippen LogP contribution in [0, 0.1) is 5.92 Å². The Balaban J connectivity index is 2.16. The highest BCUT2D eigenvalue weighted by atomic mass is 16.5. The Kier molecular flexibility index (Phi) is 4.35. The van der Waals surface area contributed by atoms with Gasteiger partial charge in [-0.2, -0.15) is 0 Å². The van der Waals surface area contributed by atoms with Crippen LogP contribution < -0.4 is 0 Å². The molecule has 14 heavy (non-hydrogen) atoms. The number of methoxy groups -OCH3 is 1. The monoisotopic (exact) mass is 201 g/mol. The minimum absolute atomic E-state index is 0.528. The fraction of sp³-hybridized carbons (Fsp3) is 1.00. The molecule has 1 N–H and O–H groups in total. The van der Waals surface area contributed by atoms with Gasteiger partial charge in [0, 0.05) is 20.2 Å². The van der Waals surface area contributed by atoms with Crippen LogP contribution in [0.15, 0.2) is 0 Å². The second-order valence-electron chi connectivity index (χ2n) is 4.97. The number of nitrogens with zero attached hydrogens (tertiary/aromatic N) is 1. The van der Waals surface area contributed by atoms with E-state index in [-0.39, 0.29) is 0 Å². The van der Waals surface area contributed by atoms with Crippen molar-refractivity contribution in [1.29, 1.82) is 0 Å². The third-order valence-electron chi connectivity index (χ3n) is 2.81. The predicted molar refractivity (Wildman–Crippen MR) is 57.3 cm³/mol. The molecule has 1 rings (SSSR count). The van der Waals surface area contributed by atoms with Crippen LogP contribution in [-0.4, -0.2) is 49.0 Å². The summed E-state index contributed by atoms with van der Waals surface area (Å²) in [6, 6.07) is 0. The molecule has 0 amide bonds. The molecule has 3 heteroatoms. The molecule has 3 nitrogen and oxygen atoms in total. The van der Waals surface area contributed by atoms with E-state index in [9.17, 15) is 5.11 Å². The zero-order valence-corrected chi connectivity index (χ0v) is 9.62. The number of aliphatic hydroxyl groups is 1. The minimum Gasteiger partial charge on any atom is -0.390 e. The zero-order valence-electron chi connectivity index (χ0n) is 9.62. The SMILES string of the molecule is COCC1CCN(CCC(C)(C)O)C1. The Labute approximate surface area is 87.1 Å². The van der Waals surface area contributed by atoms with Gasteiger partial charge in [-0.15, -0.1) is 0 Å². The fourth-order valence-electron chi connectivity index (χ4n) is 1.92. The Morgan fingerprint density at radius 2 is 2.21 bits per heavy atom. The van der Waals surface area contributed by atoms with Crippen LogP contribution >= 0.6 is 0 Å². The summed E-state index contributed by atoms with van der Waals surface area (Å²) in [7, 11) is 1.76. The third kappa shape index (κ3) is 4.40. The first-order valence-corrected chi connectivity index (χ1v) is 5.45. The molecule has 0 aliphatic carbocycles. The summed E-state index contributed by atoms with van der Waals surface area (Å²) >= 11 is 0. The molecule has 1 saturated heterocycles. The van der Waals surface area contributed by atoms with Gasteiger partial charge in [-0.05, 0) is 39.2 Å². The maximum absolute atomic E-state index is 9.60. The first-order valence-electron chi connectivity index (χ1n) is 5.45. The summed E-state index contributed by atoms with van der Waals surface area (Å²) in [4.78, 5) is 2.42. The second kappa shape index (κ2) is 5.10. The van der Waals surface area contributed by atoms with Crippen molar-refractivity contribution in [2.45, 2.75) is 32.3 Å². The number of likely N-dealkylation sites (tertiary alicyclic amines) is 1. The average molecular weight is 201 g/mol. The van der Waals surface area contributed by atoms with Gasteiger partial charge in [-0.25, -0.2) is 0 Å². The van der Waals surface area contributed by atoms with Crippen LogP contribution in [0.2, 0.25) is 0 Å². The molecule has 1 fully saturated rings. The molecule has 84 valence electrons. The molecule has 0 aromatic rings. The first-order chi connectivity index (χ1) is 6.51. The predicted octanol–water partition coefficient (Wildman–Crippen LogP) is 1.12. The van der Waals surface area contributed by atoms with Gasteiger partial charge in [0.2, 0.25) is 0 Å². The average Bonchev–Trinajstić information content (AvgIpc) is 2.49. The van der Waals surface area contributed by atoms with E-state index in [0.29, 0.717) is 5.92 Å². The molecule has 0 saturated carbocycles. The molecule has 0 spiro atoms. The lowest BCUT2D eigenvalue weighted by Crippen LogP contribution is -2.29. The van der Waals surface area contributed by atoms with Crippen LogP contribution in [0.4, 0.5) is 0 Å². The molecular weight excluding hydrogens is 178 g/mol. The molecule has 1 atom stereocenters. The Morgan fingerprint density at radius 1 is 1.50 bits per heavy atom. The summed E-state index contributed by atoms with van der Waals surface area (Å²) in [5.74, 6) is 0.696. The molecule has 0 radical (unpaired) electrons. The Morgan fingerprint density at radius 3 is 2.79 bits per heavy atom. The lowest BCUT2D eigenvalue weighted by atomic mass is 10.1. The van der Waals surface area contributed by atoms with E-state index < -0.39 is 5.60 Å². The van der Waals surface area contributed by atoms with E-state index >= 15 is 0 Å². The summed E-state index contributed by atoms with van der Waals surface area (Å²) in [5.41, 5.74) is -0.528. The Hall–Kier alpha value is -0.120. The van der Waals surface area contributed by atoms with Crippen molar-refractivity contribution in [2.24, 2.45) is 5.92 Å². The number of hydrogen-bond acceptors (Lipinski definition) is 3. The van der Waals surface area contributed by atoms with Crippen LogP contribution in [-0.2, 0) is 4.74 Å². The molecule has 0 aromatic heterocycles. The third-order valence-corrected chi connectivity index (χ3v) is 2.81. The quantitative estimate of drug-likeness (QED) is 0.723. The van der Waals surface area contributed by atoms with Crippen molar-refractivity contribution in [3.05, 3.63) is 0 Å². The first kappa shape index (κ1) is 12.0. The zero-order chi connectivity index (χ0) is 10.6. The van der Waals surface area contributed by atoms with Gasteiger partial charge in [-0.3, -0.25) is 0 Å². The van der Waals surface area contributed by atoms with Crippen molar-refractivity contribution < 1.29 is 9.84 Å². The smallest absolute Gasteiger partial charge is 0.0603 e. The summed E-state index contributed by atoms with van der Waals surface area (Å²) < 4.78 is 5.14. The molecule has 1 aliphatic rings. The van der Waals surface area contributed by atoms with E-state index in [4.69, 9.17) is 4.74 Å². The van der Waals surface area contributed by atoms with E-state index in [1.807, 2.05) is 13.8 Å². The van der Waals surface area contributed by atoms with Crippen molar-refractivity contribution in [1.82, 2.24) is 4.90 Å². The van der Waals surface area contributed by atoms with Crippen LogP contribution in [0.25, 0.3) is 0 Å². The van der Waals surface area contributed by atoms with Gasteiger partial charge < -0.3 is 14.7 Å². The number of hydrogen-bond donors (Lipinski definition) is 1. The van der Waals surface area contributed by atoms with Crippen LogP contribution in [0.5, 0.6) is 0 Å². The van der Waals surface area contributed by atoms with Gasteiger partial charge in [-0.1, -0.05) is 0 Å². The van der Waals surface area contributed by atoms with Gasteiger partial charge in [0.15, 0.2) is 0 Å². The van der Waals surface area contributed by atoms with Gasteiger partial charge in [0.1, 0.15) is 0 Å². The Bertz CT molecular complexity index is 165. The summed E-state index contributed by atoms with van der Waals surface area (Å²) in [6.07, 6.45) is 2.09. The maximum Gasteiger partial charge on any atom is 0.0603 e.